The van der Waals surface area contributed by atoms with E-state index in [4.69, 9.17) is 0 Å². The minimum absolute atomic E-state index is 0.106. The van der Waals surface area contributed by atoms with Crippen LogP contribution in [0.3, 0.4) is 0 Å². The Balaban J connectivity index is 1.70. The Morgan fingerprint density at radius 2 is 2.15 bits per heavy atom. The zero-order valence-electron chi connectivity index (χ0n) is 14.8. The van der Waals surface area contributed by atoms with Gasteiger partial charge in [-0.3, -0.25) is 4.79 Å². The Morgan fingerprint density at radius 1 is 1.31 bits per heavy atom. The molecule has 134 valence electrons. The number of hydrogen-bond acceptors (Lipinski definition) is 5. The monoisotopic (exact) mass is 366 g/mol. The van der Waals surface area contributed by atoms with Gasteiger partial charge in [0.25, 0.3) is 0 Å². The van der Waals surface area contributed by atoms with Crippen LogP contribution < -0.4 is 10.2 Å². The summed E-state index contributed by atoms with van der Waals surface area (Å²) in [5.41, 5.74) is 1.18. The van der Waals surface area contributed by atoms with Crippen LogP contribution in [0, 0.1) is 0 Å². The molecule has 0 bridgehead atoms. The Morgan fingerprint density at radius 3 is 2.96 bits per heavy atom. The number of nitrogens with zero attached hydrogens (tertiary/aromatic N) is 3. The molecule has 1 amide bonds. The Bertz CT molecular complexity index is 909. The van der Waals surface area contributed by atoms with E-state index in [1.54, 1.807) is 17.7 Å². The van der Waals surface area contributed by atoms with Crippen LogP contribution in [0.25, 0.3) is 20.7 Å². The first kappa shape index (κ1) is 17.0. The van der Waals surface area contributed by atoms with E-state index in [1.807, 2.05) is 18.2 Å². The number of carbonyl (C=O) groups is 1. The van der Waals surface area contributed by atoms with E-state index in [0.717, 1.165) is 48.4 Å². The van der Waals surface area contributed by atoms with Gasteiger partial charge in [0.1, 0.15) is 23.0 Å². The number of nitrogens with one attached hydrogen (secondary N) is 1. The van der Waals surface area contributed by atoms with Gasteiger partial charge in [-0.15, -0.1) is 11.3 Å². The summed E-state index contributed by atoms with van der Waals surface area (Å²) < 4.78 is 0. The quantitative estimate of drug-likeness (QED) is 0.745. The average Bonchev–Trinajstić information content (AvgIpc) is 3.33. The number of fused-ring (bicyclic) bond motifs is 1. The lowest BCUT2D eigenvalue weighted by Gasteiger charge is -2.25. The largest absolute Gasteiger partial charge is 0.354 e. The maximum absolute atomic E-state index is 12.6. The van der Waals surface area contributed by atoms with Gasteiger partial charge in [0, 0.05) is 18.0 Å². The lowest BCUT2D eigenvalue weighted by Crippen LogP contribution is -2.44. The van der Waals surface area contributed by atoms with Gasteiger partial charge in [0.05, 0.1) is 5.39 Å². The molecule has 1 saturated heterocycles. The molecule has 4 rings (SSSR count). The third-order valence-electron chi connectivity index (χ3n) is 4.74. The highest BCUT2D eigenvalue weighted by molar-refractivity contribution is 7.21. The van der Waals surface area contributed by atoms with E-state index in [1.165, 1.54) is 10.4 Å². The maximum Gasteiger partial charge on any atom is 0.242 e. The minimum Gasteiger partial charge on any atom is -0.354 e. The normalized spacial score (nSPS) is 17.0. The van der Waals surface area contributed by atoms with Crippen molar-refractivity contribution in [1.82, 2.24) is 15.3 Å². The third kappa shape index (κ3) is 3.17. The van der Waals surface area contributed by atoms with Gasteiger partial charge in [-0.2, -0.15) is 0 Å². The Labute approximate surface area is 157 Å². The summed E-state index contributed by atoms with van der Waals surface area (Å²) in [6.45, 7) is 3.64. The van der Waals surface area contributed by atoms with Gasteiger partial charge in [-0.1, -0.05) is 37.3 Å². The summed E-state index contributed by atoms with van der Waals surface area (Å²) in [4.78, 5) is 25.9. The number of aromatic nitrogens is 2. The smallest absolute Gasteiger partial charge is 0.242 e. The molecule has 1 N–H and O–H groups in total. The van der Waals surface area contributed by atoms with Gasteiger partial charge >= 0.3 is 0 Å². The number of thiophene rings is 1. The topological polar surface area (TPSA) is 58.1 Å². The van der Waals surface area contributed by atoms with Crippen LogP contribution in [0.1, 0.15) is 26.2 Å². The Kier molecular flexibility index (Phi) is 4.84. The molecule has 1 atom stereocenters. The van der Waals surface area contributed by atoms with Crippen LogP contribution in [-0.4, -0.2) is 35.0 Å². The molecule has 3 aromatic rings. The number of hydrogen-bond donors (Lipinski definition) is 1. The molecular formula is C20H22N4OS. The second-order valence-corrected chi connectivity index (χ2v) is 7.57. The second-order valence-electron chi connectivity index (χ2n) is 6.54. The number of carbonyl (C=O) groups excluding carboxylic acids is 1. The van der Waals surface area contributed by atoms with Crippen molar-refractivity contribution in [2.75, 3.05) is 18.0 Å². The number of benzene rings is 1. The van der Waals surface area contributed by atoms with Crippen molar-refractivity contribution >= 4 is 33.3 Å². The predicted molar refractivity (Wildman–Crippen MR) is 107 cm³/mol. The van der Waals surface area contributed by atoms with Crippen LogP contribution in [0.5, 0.6) is 0 Å². The SMILES string of the molecule is CCCNC(=O)C1CCCN1c1ncnc2sc(-c3ccccc3)cc12. The molecule has 6 heteroatoms. The number of rotatable bonds is 5. The molecule has 26 heavy (non-hydrogen) atoms. The van der Waals surface area contributed by atoms with E-state index < -0.39 is 0 Å². The Hall–Kier alpha value is -2.47. The highest BCUT2D eigenvalue weighted by Gasteiger charge is 2.32. The standard InChI is InChI=1S/C20H22N4OS/c1-2-10-21-19(25)16-9-6-11-24(16)18-15-12-17(14-7-4-3-5-8-14)26-20(15)23-13-22-18/h3-5,7-8,12-13,16H,2,6,9-11H2,1H3,(H,21,25). The van der Waals surface area contributed by atoms with E-state index in [-0.39, 0.29) is 11.9 Å². The van der Waals surface area contributed by atoms with E-state index in [9.17, 15) is 4.79 Å². The van der Waals surface area contributed by atoms with Gasteiger partial charge in [-0.25, -0.2) is 9.97 Å². The molecule has 2 aromatic heterocycles. The first-order valence-corrected chi connectivity index (χ1v) is 9.94. The van der Waals surface area contributed by atoms with E-state index in [2.05, 4.69) is 45.3 Å². The predicted octanol–water partition coefficient (Wildman–Crippen LogP) is 3.85. The van der Waals surface area contributed by atoms with Crippen molar-refractivity contribution in [2.45, 2.75) is 32.2 Å². The van der Waals surface area contributed by atoms with Crippen LogP contribution in [-0.2, 0) is 4.79 Å². The first-order valence-electron chi connectivity index (χ1n) is 9.12. The molecule has 1 fully saturated rings. The van der Waals surface area contributed by atoms with Crippen molar-refractivity contribution in [3.05, 3.63) is 42.7 Å². The fourth-order valence-electron chi connectivity index (χ4n) is 3.48. The van der Waals surface area contributed by atoms with Crippen LogP contribution in [0.15, 0.2) is 42.7 Å². The van der Waals surface area contributed by atoms with Crippen LogP contribution >= 0.6 is 11.3 Å². The van der Waals surface area contributed by atoms with Gasteiger partial charge in [0.2, 0.25) is 5.91 Å². The molecule has 0 spiro atoms. The highest BCUT2D eigenvalue weighted by Crippen LogP contribution is 2.37. The van der Waals surface area contributed by atoms with Crippen molar-refractivity contribution in [3.8, 4) is 10.4 Å². The van der Waals surface area contributed by atoms with Crippen molar-refractivity contribution in [3.63, 3.8) is 0 Å². The van der Waals surface area contributed by atoms with E-state index in [0.29, 0.717) is 0 Å². The maximum atomic E-state index is 12.6. The van der Waals surface area contributed by atoms with Crippen molar-refractivity contribution in [2.24, 2.45) is 0 Å². The van der Waals surface area contributed by atoms with Crippen LogP contribution in [0.4, 0.5) is 5.82 Å². The van der Waals surface area contributed by atoms with Gasteiger partial charge < -0.3 is 10.2 Å². The molecule has 0 radical (unpaired) electrons. The summed E-state index contributed by atoms with van der Waals surface area (Å²) in [6, 6.07) is 12.3. The molecule has 1 aliphatic heterocycles. The molecule has 0 aliphatic carbocycles. The summed E-state index contributed by atoms with van der Waals surface area (Å²) >= 11 is 1.67. The third-order valence-corrected chi connectivity index (χ3v) is 5.84. The lowest BCUT2D eigenvalue weighted by molar-refractivity contribution is -0.122. The zero-order chi connectivity index (χ0) is 17.9. The molecule has 1 unspecified atom stereocenters. The van der Waals surface area contributed by atoms with Crippen molar-refractivity contribution < 1.29 is 4.79 Å². The molecular weight excluding hydrogens is 344 g/mol. The first-order chi connectivity index (χ1) is 12.8. The number of amides is 1. The highest BCUT2D eigenvalue weighted by atomic mass is 32.1. The minimum atomic E-state index is -0.139. The zero-order valence-corrected chi connectivity index (χ0v) is 15.6. The molecule has 5 nitrogen and oxygen atoms in total. The summed E-state index contributed by atoms with van der Waals surface area (Å²) in [6.07, 6.45) is 4.44. The van der Waals surface area contributed by atoms with Gasteiger partial charge in [-0.05, 0) is 30.9 Å². The lowest BCUT2D eigenvalue weighted by atomic mass is 10.1. The average molecular weight is 366 g/mol. The summed E-state index contributed by atoms with van der Waals surface area (Å²) in [7, 11) is 0. The molecule has 0 saturated carbocycles. The molecule has 1 aromatic carbocycles. The summed E-state index contributed by atoms with van der Waals surface area (Å²) in [5.74, 6) is 0.984. The van der Waals surface area contributed by atoms with E-state index >= 15 is 0 Å². The van der Waals surface area contributed by atoms with Crippen LogP contribution in [0.2, 0.25) is 0 Å². The summed E-state index contributed by atoms with van der Waals surface area (Å²) in [5, 5.41) is 4.07. The molecule has 1 aliphatic rings. The molecule has 3 heterocycles. The number of anilines is 1. The second kappa shape index (κ2) is 7.41. The van der Waals surface area contributed by atoms with Crippen molar-refractivity contribution in [1.29, 1.82) is 0 Å². The van der Waals surface area contributed by atoms with Gasteiger partial charge in [0.15, 0.2) is 0 Å². The fraction of sp³-hybridized carbons (Fsp3) is 0.350. The fourth-order valence-corrected chi connectivity index (χ4v) is 4.47.